The van der Waals surface area contributed by atoms with Gasteiger partial charge < -0.3 is 20.5 Å². The lowest BCUT2D eigenvalue weighted by atomic mass is 9.83. The highest BCUT2D eigenvalue weighted by Gasteiger charge is 2.35. The van der Waals surface area contributed by atoms with E-state index in [0.29, 0.717) is 6.54 Å². The van der Waals surface area contributed by atoms with Crippen LogP contribution in [-0.4, -0.2) is 44.9 Å². The SMILES string of the molecule is COCCC1(CNC(=O)[C@@H]2CC[C@H](CN)O2)CCCC1. The maximum atomic E-state index is 12.2. The molecular weight excluding hydrogens is 256 g/mol. The van der Waals surface area contributed by atoms with Crippen LogP contribution in [0.3, 0.4) is 0 Å². The van der Waals surface area contributed by atoms with E-state index in [1.807, 2.05) is 0 Å². The van der Waals surface area contributed by atoms with Crippen molar-refractivity contribution in [2.75, 3.05) is 26.8 Å². The number of rotatable bonds is 7. The smallest absolute Gasteiger partial charge is 0.249 e. The van der Waals surface area contributed by atoms with Crippen LogP contribution in [0.5, 0.6) is 0 Å². The number of hydrogen-bond donors (Lipinski definition) is 2. The minimum Gasteiger partial charge on any atom is -0.385 e. The summed E-state index contributed by atoms with van der Waals surface area (Å²) < 4.78 is 10.9. The molecule has 0 radical (unpaired) electrons. The Morgan fingerprint density at radius 1 is 1.40 bits per heavy atom. The summed E-state index contributed by atoms with van der Waals surface area (Å²) in [6, 6.07) is 0. The van der Waals surface area contributed by atoms with Gasteiger partial charge in [-0.3, -0.25) is 4.79 Å². The summed E-state index contributed by atoms with van der Waals surface area (Å²) >= 11 is 0. The van der Waals surface area contributed by atoms with Crippen molar-refractivity contribution in [1.82, 2.24) is 5.32 Å². The second-order valence-electron chi connectivity index (χ2n) is 6.23. The predicted molar refractivity (Wildman–Crippen MR) is 77.4 cm³/mol. The Morgan fingerprint density at radius 3 is 2.75 bits per heavy atom. The van der Waals surface area contributed by atoms with Crippen LogP contribution in [-0.2, 0) is 14.3 Å². The number of nitrogens with two attached hydrogens (primary N) is 1. The fraction of sp³-hybridized carbons (Fsp3) is 0.933. The predicted octanol–water partition coefficient (Wildman–Crippen LogP) is 1.21. The third kappa shape index (κ3) is 3.93. The average Bonchev–Trinajstić information content (AvgIpc) is 3.12. The zero-order valence-electron chi connectivity index (χ0n) is 12.5. The normalized spacial score (nSPS) is 28.7. The van der Waals surface area contributed by atoms with E-state index in [9.17, 15) is 4.79 Å². The Hall–Kier alpha value is -0.650. The molecule has 1 heterocycles. The molecule has 3 N–H and O–H groups in total. The van der Waals surface area contributed by atoms with Crippen molar-refractivity contribution in [3.8, 4) is 0 Å². The van der Waals surface area contributed by atoms with E-state index < -0.39 is 0 Å². The standard InChI is InChI=1S/C15H28N2O3/c1-19-9-8-15(6-2-3-7-15)11-17-14(18)13-5-4-12(10-16)20-13/h12-13H,2-11,16H2,1H3,(H,17,18)/t12-,13+/m1/s1. The quantitative estimate of drug-likeness (QED) is 0.737. The lowest BCUT2D eigenvalue weighted by molar-refractivity contribution is -0.132. The largest absolute Gasteiger partial charge is 0.385 e. The van der Waals surface area contributed by atoms with Gasteiger partial charge in [-0.15, -0.1) is 0 Å². The molecule has 5 heteroatoms. The Bertz CT molecular complexity index is 316. The van der Waals surface area contributed by atoms with Gasteiger partial charge in [0.1, 0.15) is 6.10 Å². The number of carbonyl (C=O) groups is 1. The summed E-state index contributed by atoms with van der Waals surface area (Å²) in [5.74, 6) is 0.0321. The monoisotopic (exact) mass is 284 g/mol. The van der Waals surface area contributed by atoms with Crippen LogP contribution in [0.2, 0.25) is 0 Å². The number of hydrogen-bond acceptors (Lipinski definition) is 4. The van der Waals surface area contributed by atoms with Crippen LogP contribution in [0.4, 0.5) is 0 Å². The first-order valence-corrected chi connectivity index (χ1v) is 7.81. The molecule has 1 saturated carbocycles. The van der Waals surface area contributed by atoms with E-state index in [2.05, 4.69) is 5.32 Å². The minimum atomic E-state index is -0.301. The topological polar surface area (TPSA) is 73.6 Å². The highest BCUT2D eigenvalue weighted by molar-refractivity contribution is 5.81. The van der Waals surface area contributed by atoms with Gasteiger partial charge in [-0.2, -0.15) is 0 Å². The summed E-state index contributed by atoms with van der Waals surface area (Å²) in [4.78, 5) is 12.2. The Morgan fingerprint density at radius 2 is 2.15 bits per heavy atom. The molecule has 116 valence electrons. The minimum absolute atomic E-state index is 0.0321. The third-order valence-corrected chi connectivity index (χ3v) is 4.80. The first-order valence-electron chi connectivity index (χ1n) is 7.81. The molecule has 2 atom stereocenters. The third-order valence-electron chi connectivity index (χ3n) is 4.80. The molecule has 1 saturated heterocycles. The lowest BCUT2D eigenvalue weighted by Gasteiger charge is -2.29. The molecule has 0 bridgehead atoms. The van der Waals surface area contributed by atoms with Crippen molar-refractivity contribution in [2.45, 2.75) is 57.2 Å². The molecule has 0 unspecified atom stereocenters. The van der Waals surface area contributed by atoms with Crippen LogP contribution in [0.25, 0.3) is 0 Å². The van der Waals surface area contributed by atoms with Crippen molar-refractivity contribution in [2.24, 2.45) is 11.1 Å². The van der Waals surface area contributed by atoms with Crippen molar-refractivity contribution in [1.29, 1.82) is 0 Å². The maximum Gasteiger partial charge on any atom is 0.249 e. The van der Waals surface area contributed by atoms with Gasteiger partial charge >= 0.3 is 0 Å². The summed E-state index contributed by atoms with van der Waals surface area (Å²) in [5, 5.41) is 3.10. The van der Waals surface area contributed by atoms with Crippen LogP contribution >= 0.6 is 0 Å². The van der Waals surface area contributed by atoms with E-state index >= 15 is 0 Å². The highest BCUT2D eigenvalue weighted by atomic mass is 16.5. The van der Waals surface area contributed by atoms with E-state index in [1.165, 1.54) is 25.7 Å². The molecule has 20 heavy (non-hydrogen) atoms. The number of nitrogens with one attached hydrogen (secondary N) is 1. The van der Waals surface area contributed by atoms with E-state index in [1.54, 1.807) is 7.11 Å². The van der Waals surface area contributed by atoms with Crippen LogP contribution < -0.4 is 11.1 Å². The van der Waals surface area contributed by atoms with Crippen molar-refractivity contribution < 1.29 is 14.3 Å². The summed E-state index contributed by atoms with van der Waals surface area (Å²) in [5.41, 5.74) is 5.81. The summed E-state index contributed by atoms with van der Waals surface area (Å²) in [6.45, 7) is 2.02. The zero-order chi connectivity index (χ0) is 14.4. The van der Waals surface area contributed by atoms with Gasteiger partial charge in [0.2, 0.25) is 5.91 Å². The molecule has 0 aromatic carbocycles. The van der Waals surface area contributed by atoms with E-state index in [4.69, 9.17) is 15.2 Å². The maximum absolute atomic E-state index is 12.2. The Balaban J connectivity index is 1.79. The molecule has 2 aliphatic rings. The Labute approximate surface area is 121 Å². The lowest BCUT2D eigenvalue weighted by Crippen LogP contribution is -2.42. The molecule has 0 aromatic rings. The second kappa shape index (κ2) is 7.38. The first kappa shape index (κ1) is 15.7. The van der Waals surface area contributed by atoms with Gasteiger partial charge in [-0.25, -0.2) is 0 Å². The molecule has 5 nitrogen and oxygen atoms in total. The van der Waals surface area contributed by atoms with Crippen molar-refractivity contribution in [3.63, 3.8) is 0 Å². The van der Waals surface area contributed by atoms with Gasteiger partial charge in [0.25, 0.3) is 0 Å². The summed E-state index contributed by atoms with van der Waals surface area (Å²) in [6.07, 6.45) is 7.36. The van der Waals surface area contributed by atoms with Crippen molar-refractivity contribution in [3.05, 3.63) is 0 Å². The van der Waals surface area contributed by atoms with Crippen LogP contribution in [0, 0.1) is 5.41 Å². The molecule has 0 spiro atoms. The number of ether oxygens (including phenoxy) is 2. The zero-order valence-corrected chi connectivity index (χ0v) is 12.5. The molecule has 2 fully saturated rings. The average molecular weight is 284 g/mol. The van der Waals surface area contributed by atoms with Crippen molar-refractivity contribution >= 4 is 5.91 Å². The molecule has 1 aliphatic heterocycles. The Kier molecular flexibility index (Phi) is 5.81. The van der Waals surface area contributed by atoms with Crippen LogP contribution in [0.15, 0.2) is 0 Å². The second-order valence-corrected chi connectivity index (χ2v) is 6.23. The molecule has 0 aromatic heterocycles. The molecule has 1 amide bonds. The fourth-order valence-electron chi connectivity index (χ4n) is 3.42. The number of amides is 1. The van der Waals surface area contributed by atoms with Gasteiger partial charge in [0.15, 0.2) is 0 Å². The molecule has 2 rings (SSSR count). The summed E-state index contributed by atoms with van der Waals surface area (Å²) in [7, 11) is 1.74. The highest BCUT2D eigenvalue weighted by Crippen LogP contribution is 2.40. The van der Waals surface area contributed by atoms with Gasteiger partial charge in [0.05, 0.1) is 6.10 Å². The van der Waals surface area contributed by atoms with E-state index in [-0.39, 0.29) is 23.5 Å². The molecule has 1 aliphatic carbocycles. The van der Waals surface area contributed by atoms with Crippen LogP contribution in [0.1, 0.15) is 44.9 Å². The fourth-order valence-corrected chi connectivity index (χ4v) is 3.42. The van der Waals surface area contributed by atoms with Gasteiger partial charge in [-0.1, -0.05) is 12.8 Å². The van der Waals surface area contributed by atoms with Gasteiger partial charge in [-0.05, 0) is 37.5 Å². The number of methoxy groups -OCH3 is 1. The molecular formula is C15H28N2O3. The van der Waals surface area contributed by atoms with Gasteiger partial charge in [0, 0.05) is 26.8 Å². The van der Waals surface area contributed by atoms with E-state index in [0.717, 1.165) is 32.4 Å². The first-order chi connectivity index (χ1) is 9.69. The number of carbonyl (C=O) groups excluding carboxylic acids is 1.